The van der Waals surface area contributed by atoms with Crippen molar-refractivity contribution >= 4 is 29.1 Å². The number of nitrogens with one attached hydrogen (secondary N) is 5. The molecule has 6 aromatic rings. The largest absolute Gasteiger partial charge is 0.350 e. The second kappa shape index (κ2) is 16.0. The quantitative estimate of drug-likeness (QED) is 0.0890. The molecule has 2 aliphatic rings. The van der Waals surface area contributed by atoms with E-state index in [2.05, 4.69) is 116 Å². The molecule has 3 aromatic carbocycles. The number of benzene rings is 3. The summed E-state index contributed by atoms with van der Waals surface area (Å²) in [5, 5.41) is 25.2. The summed E-state index contributed by atoms with van der Waals surface area (Å²) in [7, 11) is 0. The third-order valence-corrected chi connectivity index (χ3v) is 11.6. The Morgan fingerprint density at radius 1 is 0.724 bits per heavy atom. The highest BCUT2D eigenvalue weighted by Crippen LogP contribution is 2.36. The van der Waals surface area contributed by atoms with Crippen molar-refractivity contribution in [2.75, 3.05) is 18.4 Å². The van der Waals surface area contributed by atoms with Crippen LogP contribution < -0.4 is 26.6 Å². The van der Waals surface area contributed by atoms with Crippen LogP contribution >= 0.6 is 0 Å². The van der Waals surface area contributed by atoms with Gasteiger partial charge >= 0.3 is 0 Å². The van der Waals surface area contributed by atoms with Crippen LogP contribution in [-0.2, 0) is 22.7 Å². The van der Waals surface area contributed by atoms with Crippen molar-refractivity contribution in [3.63, 3.8) is 0 Å². The molecule has 1 unspecified atom stereocenters. The predicted octanol–water partition coefficient (Wildman–Crippen LogP) is 6.51. The van der Waals surface area contributed by atoms with Crippen molar-refractivity contribution < 1.29 is 14.4 Å². The summed E-state index contributed by atoms with van der Waals surface area (Å²) in [5.41, 5.74) is 10.8. The lowest BCUT2D eigenvalue weighted by Crippen LogP contribution is -2.46. The van der Waals surface area contributed by atoms with Crippen molar-refractivity contribution in [2.24, 2.45) is 0 Å². The molecule has 2 aliphatic heterocycles. The Morgan fingerprint density at radius 2 is 1.34 bits per heavy atom. The number of hydrogen-bond acceptors (Lipinski definition) is 8. The van der Waals surface area contributed by atoms with Crippen molar-refractivity contribution in [3.8, 4) is 33.6 Å². The maximum atomic E-state index is 13.3. The first-order chi connectivity index (χ1) is 28.0. The van der Waals surface area contributed by atoms with Gasteiger partial charge in [0.15, 0.2) is 11.5 Å². The number of hydrogen-bond donors (Lipinski definition) is 5. The molecule has 0 bridgehead atoms. The molecule has 296 valence electrons. The van der Waals surface area contributed by atoms with Gasteiger partial charge in [-0.25, -0.2) is 0 Å². The van der Waals surface area contributed by atoms with Crippen LogP contribution in [-0.4, -0.2) is 61.5 Å². The molecule has 0 aliphatic carbocycles. The van der Waals surface area contributed by atoms with Crippen LogP contribution in [0.5, 0.6) is 0 Å². The Kier molecular flexibility index (Phi) is 10.6. The second-order valence-electron chi connectivity index (χ2n) is 16.3. The van der Waals surface area contributed by atoms with Crippen molar-refractivity contribution in [1.29, 1.82) is 0 Å². The molecule has 3 aromatic heterocycles. The van der Waals surface area contributed by atoms with E-state index in [1.807, 2.05) is 42.6 Å². The molecule has 58 heavy (non-hydrogen) atoms. The van der Waals surface area contributed by atoms with E-state index in [-0.39, 0.29) is 28.8 Å². The predicted molar refractivity (Wildman–Crippen MR) is 226 cm³/mol. The Hall–Kier alpha value is -6.24. The van der Waals surface area contributed by atoms with Gasteiger partial charge in [0, 0.05) is 62.7 Å². The van der Waals surface area contributed by atoms with Crippen molar-refractivity contribution in [3.05, 3.63) is 125 Å². The summed E-state index contributed by atoms with van der Waals surface area (Å²) in [6, 6.07) is 28.4. The molecule has 12 heteroatoms. The van der Waals surface area contributed by atoms with Crippen LogP contribution in [0.1, 0.15) is 72.3 Å². The number of carbonyl (C=O) groups is 3. The molecular formula is C46H49N9O3. The lowest BCUT2D eigenvalue weighted by atomic mass is 9.90. The van der Waals surface area contributed by atoms with Crippen LogP contribution in [0.3, 0.4) is 0 Å². The normalized spacial score (nSPS) is 19.0. The number of nitrogens with zero attached hydrogens (tertiary/aromatic N) is 4. The Labute approximate surface area is 338 Å². The standard InChI is InChI=1S/C46H49N9O3/c1-29-35(34-19-22-55-40(23-34)53-54-43(55)33-14-11-31(12-15-33)24-47-27-45(3)20-17-41(56)51-45)7-5-8-36(29)37-9-6-10-38(30(37)2)50-44(58)39-16-13-32(26-49-39)25-48-28-46(4)21-18-42(57)52-46/h5-16,19,22-23,26,47-48H,17-18,20-21,24-25,27-28H2,1-4H3,(H,50,58)(H,51,56)(H,52,57)/t45-,46?/m1/s1. The summed E-state index contributed by atoms with van der Waals surface area (Å²) >= 11 is 0. The zero-order valence-corrected chi connectivity index (χ0v) is 33.4. The van der Waals surface area contributed by atoms with Gasteiger partial charge in [0.1, 0.15) is 5.69 Å². The zero-order valence-electron chi connectivity index (χ0n) is 33.4. The number of amides is 3. The van der Waals surface area contributed by atoms with Crippen LogP contribution in [0, 0.1) is 13.8 Å². The fraction of sp³-hybridized carbons (Fsp3) is 0.304. The van der Waals surface area contributed by atoms with Crippen molar-refractivity contribution in [2.45, 2.75) is 77.5 Å². The third-order valence-electron chi connectivity index (χ3n) is 11.6. The second-order valence-corrected chi connectivity index (χ2v) is 16.3. The minimum Gasteiger partial charge on any atom is -0.350 e. The van der Waals surface area contributed by atoms with Crippen molar-refractivity contribution in [1.82, 2.24) is 40.8 Å². The monoisotopic (exact) mass is 775 g/mol. The molecule has 2 fully saturated rings. The Balaban J connectivity index is 0.928. The number of rotatable bonds is 13. The van der Waals surface area contributed by atoms with Gasteiger partial charge in [-0.15, -0.1) is 10.2 Å². The number of fused-ring (bicyclic) bond motifs is 1. The lowest BCUT2D eigenvalue weighted by Gasteiger charge is -2.24. The molecular weight excluding hydrogens is 727 g/mol. The van der Waals surface area contributed by atoms with E-state index in [1.165, 1.54) is 0 Å². The molecule has 2 saturated heterocycles. The number of pyridine rings is 2. The highest BCUT2D eigenvalue weighted by Gasteiger charge is 2.33. The van der Waals surface area contributed by atoms with Gasteiger partial charge in [-0.05, 0) is 109 Å². The molecule has 0 radical (unpaired) electrons. The van der Waals surface area contributed by atoms with Crippen LogP contribution in [0.4, 0.5) is 5.69 Å². The third kappa shape index (κ3) is 8.25. The Morgan fingerprint density at radius 3 is 1.98 bits per heavy atom. The van der Waals surface area contributed by atoms with E-state index in [4.69, 9.17) is 0 Å². The van der Waals surface area contributed by atoms with Gasteiger partial charge in [-0.2, -0.15) is 0 Å². The summed E-state index contributed by atoms with van der Waals surface area (Å²) in [4.78, 5) is 41.1. The average Bonchev–Trinajstić information content (AvgIpc) is 3.91. The highest BCUT2D eigenvalue weighted by molar-refractivity contribution is 6.04. The average molecular weight is 776 g/mol. The SMILES string of the molecule is Cc1c(NC(=O)c2ccc(CNCC3(C)CCC(=O)N3)cn2)cccc1-c1cccc(-c2ccn3c(-c4ccc(CNC[C@@]5(C)CCC(=O)N5)cc4)nnc3c2)c1C. The van der Waals surface area contributed by atoms with Gasteiger partial charge < -0.3 is 26.6 Å². The van der Waals surface area contributed by atoms with Gasteiger partial charge in [0.05, 0.1) is 11.1 Å². The summed E-state index contributed by atoms with van der Waals surface area (Å²) in [5.74, 6) is 0.708. The summed E-state index contributed by atoms with van der Waals surface area (Å²) in [6.45, 7) is 11.0. The van der Waals surface area contributed by atoms with Gasteiger partial charge in [-0.3, -0.25) is 23.8 Å². The first-order valence-electron chi connectivity index (χ1n) is 19.9. The summed E-state index contributed by atoms with van der Waals surface area (Å²) < 4.78 is 2.01. The maximum absolute atomic E-state index is 13.3. The minimum absolute atomic E-state index is 0.0924. The fourth-order valence-corrected chi connectivity index (χ4v) is 8.11. The molecule has 5 N–H and O–H groups in total. The topological polar surface area (TPSA) is 154 Å². The molecule has 8 rings (SSSR count). The number of aromatic nitrogens is 4. The molecule has 5 heterocycles. The fourth-order valence-electron chi connectivity index (χ4n) is 8.11. The molecule has 2 atom stereocenters. The summed E-state index contributed by atoms with van der Waals surface area (Å²) in [6.07, 6.45) is 6.54. The number of anilines is 1. The van der Waals surface area contributed by atoms with E-state index in [9.17, 15) is 14.4 Å². The zero-order chi connectivity index (χ0) is 40.4. The molecule has 0 spiro atoms. The van der Waals surface area contributed by atoms with E-state index >= 15 is 0 Å². The van der Waals surface area contributed by atoms with E-state index in [0.717, 1.165) is 86.6 Å². The maximum Gasteiger partial charge on any atom is 0.274 e. The lowest BCUT2D eigenvalue weighted by molar-refractivity contribution is -0.120. The molecule has 3 amide bonds. The van der Waals surface area contributed by atoms with E-state index in [1.54, 1.807) is 12.3 Å². The van der Waals surface area contributed by atoms with Gasteiger partial charge in [0.25, 0.3) is 5.91 Å². The van der Waals surface area contributed by atoms with Crippen LogP contribution in [0.2, 0.25) is 0 Å². The van der Waals surface area contributed by atoms with E-state index < -0.39 is 0 Å². The van der Waals surface area contributed by atoms with Gasteiger partial charge in [0.2, 0.25) is 11.8 Å². The highest BCUT2D eigenvalue weighted by atomic mass is 16.2. The number of carbonyl (C=O) groups excluding carboxylic acids is 3. The Bertz CT molecular complexity index is 2510. The smallest absolute Gasteiger partial charge is 0.274 e. The van der Waals surface area contributed by atoms with Gasteiger partial charge in [-0.1, -0.05) is 60.7 Å². The molecule has 12 nitrogen and oxygen atoms in total. The first kappa shape index (κ1) is 38.6. The first-order valence-corrected chi connectivity index (χ1v) is 19.9. The van der Waals surface area contributed by atoms with Crippen LogP contribution in [0.25, 0.3) is 39.3 Å². The van der Waals surface area contributed by atoms with Crippen LogP contribution in [0.15, 0.2) is 97.3 Å². The van der Waals surface area contributed by atoms with E-state index in [0.29, 0.717) is 38.2 Å². The minimum atomic E-state index is -0.276. The molecule has 0 saturated carbocycles.